The van der Waals surface area contributed by atoms with E-state index < -0.39 is 0 Å². The molecule has 5 fully saturated rings. The molecule has 5 unspecified atom stereocenters. The van der Waals surface area contributed by atoms with Gasteiger partial charge in [0.2, 0.25) is 0 Å². The van der Waals surface area contributed by atoms with Crippen LogP contribution in [0.25, 0.3) is 0 Å². The molecular weight excluding hydrogens is 312 g/mol. The zero-order chi connectivity index (χ0) is 16.5. The molecule has 5 atom stereocenters. The van der Waals surface area contributed by atoms with E-state index in [0.717, 1.165) is 16.8 Å². The van der Waals surface area contributed by atoms with Crippen molar-refractivity contribution in [3.63, 3.8) is 0 Å². The van der Waals surface area contributed by atoms with Crippen LogP contribution in [0.2, 0.25) is 0 Å². The molecule has 0 aliphatic heterocycles. The fourth-order valence-corrected chi connectivity index (χ4v) is 7.17. The highest BCUT2D eigenvalue weighted by atomic mass is 32.1. The molecular formula is C21H28N2S. The molecule has 0 aromatic heterocycles. The van der Waals surface area contributed by atoms with Gasteiger partial charge in [0.1, 0.15) is 0 Å². The second-order valence-electron chi connectivity index (χ2n) is 9.20. The van der Waals surface area contributed by atoms with Gasteiger partial charge in [-0.2, -0.15) is 0 Å². The molecule has 3 heteroatoms. The molecule has 1 aromatic carbocycles. The lowest BCUT2D eigenvalue weighted by Crippen LogP contribution is -2.46. The second-order valence-corrected chi connectivity index (χ2v) is 9.64. The van der Waals surface area contributed by atoms with Crippen LogP contribution in [0.3, 0.4) is 0 Å². The van der Waals surface area contributed by atoms with Gasteiger partial charge >= 0.3 is 0 Å². The molecule has 0 radical (unpaired) electrons. The van der Waals surface area contributed by atoms with Crippen LogP contribution < -0.4 is 5.73 Å². The Morgan fingerprint density at radius 3 is 2.62 bits per heavy atom. The number of hydrogen-bond acceptors (Lipinski definition) is 2. The smallest absolute Gasteiger partial charge is 0.0793 e. The van der Waals surface area contributed by atoms with Gasteiger partial charge in [0.25, 0.3) is 0 Å². The monoisotopic (exact) mass is 340 g/mol. The van der Waals surface area contributed by atoms with E-state index in [1.807, 2.05) is 0 Å². The van der Waals surface area contributed by atoms with E-state index in [-0.39, 0.29) is 5.41 Å². The molecule has 128 valence electrons. The van der Waals surface area contributed by atoms with E-state index in [1.54, 1.807) is 0 Å². The van der Waals surface area contributed by atoms with Crippen molar-refractivity contribution in [2.75, 3.05) is 13.6 Å². The van der Waals surface area contributed by atoms with Crippen molar-refractivity contribution in [2.45, 2.75) is 50.0 Å². The van der Waals surface area contributed by atoms with E-state index in [0.29, 0.717) is 17.4 Å². The number of nitrogens with two attached hydrogens (primary N) is 1. The molecule has 0 saturated heterocycles. The van der Waals surface area contributed by atoms with E-state index >= 15 is 0 Å². The molecule has 1 aromatic rings. The lowest BCUT2D eigenvalue weighted by molar-refractivity contribution is 0.0924. The van der Waals surface area contributed by atoms with Gasteiger partial charge in [-0.1, -0.05) is 42.5 Å². The van der Waals surface area contributed by atoms with Crippen molar-refractivity contribution in [3.8, 4) is 0 Å². The van der Waals surface area contributed by atoms with Crippen LogP contribution in [0.4, 0.5) is 0 Å². The van der Waals surface area contributed by atoms with Gasteiger partial charge in [-0.3, -0.25) is 0 Å². The van der Waals surface area contributed by atoms with Crippen LogP contribution in [-0.2, 0) is 5.41 Å². The maximum atomic E-state index is 6.38. The van der Waals surface area contributed by atoms with Crippen molar-refractivity contribution >= 4 is 17.2 Å². The fourth-order valence-electron chi connectivity index (χ4n) is 6.86. The minimum atomic E-state index is 0.122. The molecule has 2 nitrogen and oxygen atoms in total. The summed E-state index contributed by atoms with van der Waals surface area (Å²) in [6, 6.07) is 11.9. The molecule has 0 amide bonds. The molecule has 2 N–H and O–H groups in total. The van der Waals surface area contributed by atoms with E-state index in [9.17, 15) is 0 Å². The highest BCUT2D eigenvalue weighted by Crippen LogP contribution is 2.71. The molecule has 5 saturated carbocycles. The Bertz CT molecular complexity index is 670. The van der Waals surface area contributed by atoms with Crippen LogP contribution in [0.15, 0.2) is 30.3 Å². The van der Waals surface area contributed by atoms with Crippen molar-refractivity contribution < 1.29 is 0 Å². The van der Waals surface area contributed by atoms with Crippen LogP contribution in [0.1, 0.15) is 44.1 Å². The van der Waals surface area contributed by atoms with Gasteiger partial charge in [0.05, 0.1) is 4.99 Å². The maximum absolute atomic E-state index is 6.38. The molecule has 24 heavy (non-hydrogen) atoms. The van der Waals surface area contributed by atoms with Crippen LogP contribution in [0.5, 0.6) is 0 Å². The summed E-state index contributed by atoms with van der Waals surface area (Å²) in [6.07, 6.45) is 7.90. The largest absolute Gasteiger partial charge is 0.393 e. The number of thiocarbonyl (C=S) groups is 1. The SMILES string of the molecule is CN(CC1CC1)C1C2CC3(c4ccccc4)CC1C(C(N)=S)(C2)C3. The number of rotatable bonds is 5. The molecule has 4 bridgehead atoms. The van der Waals surface area contributed by atoms with Gasteiger partial charge in [0, 0.05) is 18.0 Å². The normalized spacial score (nSPS) is 42.8. The van der Waals surface area contributed by atoms with Crippen molar-refractivity contribution in [1.29, 1.82) is 0 Å². The van der Waals surface area contributed by atoms with Crippen molar-refractivity contribution in [1.82, 2.24) is 4.90 Å². The average molecular weight is 341 g/mol. The summed E-state index contributed by atoms with van der Waals surface area (Å²) in [6.45, 7) is 1.28. The standard InChI is InChI=1S/C21H28N2S/c1-23(12-14-7-8-14)18-15-9-20(16-5-3-2-4-6-16)11-17(18)21(10-15,13-20)19(22)24/h2-6,14-15,17-18H,7-13H2,1H3,(H2,22,24). The van der Waals surface area contributed by atoms with E-state index in [1.165, 1.54) is 50.6 Å². The number of benzene rings is 1. The lowest BCUT2D eigenvalue weighted by atomic mass is 9.63. The summed E-state index contributed by atoms with van der Waals surface area (Å²) in [5, 5.41) is 0. The van der Waals surface area contributed by atoms with Gasteiger partial charge in [-0.05, 0) is 74.3 Å². The van der Waals surface area contributed by atoms with Crippen molar-refractivity contribution in [3.05, 3.63) is 35.9 Å². The van der Waals surface area contributed by atoms with Gasteiger partial charge in [-0.25, -0.2) is 0 Å². The summed E-state index contributed by atoms with van der Waals surface area (Å²) in [5.41, 5.74) is 8.36. The minimum absolute atomic E-state index is 0.122. The number of nitrogens with zero attached hydrogens (tertiary/aromatic N) is 1. The first kappa shape index (κ1) is 15.3. The van der Waals surface area contributed by atoms with Crippen molar-refractivity contribution in [2.24, 2.45) is 28.9 Å². The summed E-state index contributed by atoms with van der Waals surface area (Å²) in [4.78, 5) is 3.49. The van der Waals surface area contributed by atoms with Crippen LogP contribution in [-0.4, -0.2) is 29.5 Å². The topological polar surface area (TPSA) is 29.3 Å². The Morgan fingerprint density at radius 1 is 1.21 bits per heavy atom. The highest BCUT2D eigenvalue weighted by Gasteiger charge is 2.69. The zero-order valence-electron chi connectivity index (χ0n) is 14.6. The maximum Gasteiger partial charge on any atom is 0.0793 e. The third-order valence-corrected chi connectivity index (χ3v) is 8.18. The van der Waals surface area contributed by atoms with E-state index in [4.69, 9.17) is 18.0 Å². The Morgan fingerprint density at radius 2 is 1.96 bits per heavy atom. The third-order valence-electron chi connectivity index (χ3n) is 7.78. The summed E-state index contributed by atoms with van der Waals surface area (Å²) in [7, 11) is 2.36. The molecule has 6 rings (SSSR count). The fraction of sp³-hybridized carbons (Fsp3) is 0.667. The second kappa shape index (κ2) is 5.04. The average Bonchev–Trinajstić information content (AvgIpc) is 3.30. The van der Waals surface area contributed by atoms with Crippen LogP contribution in [0, 0.1) is 23.2 Å². The first-order valence-electron chi connectivity index (χ1n) is 9.60. The first-order valence-corrected chi connectivity index (χ1v) is 10.0. The van der Waals surface area contributed by atoms with Gasteiger partial charge in [-0.15, -0.1) is 0 Å². The van der Waals surface area contributed by atoms with Gasteiger partial charge < -0.3 is 10.6 Å². The molecule has 0 spiro atoms. The summed E-state index contributed by atoms with van der Waals surface area (Å²) >= 11 is 5.66. The van der Waals surface area contributed by atoms with Crippen LogP contribution >= 0.6 is 12.2 Å². The Hall–Kier alpha value is -0.930. The third kappa shape index (κ3) is 2.00. The first-order chi connectivity index (χ1) is 11.5. The summed E-state index contributed by atoms with van der Waals surface area (Å²) in [5.74, 6) is 2.39. The molecule has 0 heterocycles. The van der Waals surface area contributed by atoms with E-state index in [2.05, 4.69) is 42.3 Å². The highest BCUT2D eigenvalue weighted by molar-refractivity contribution is 7.80. The lowest BCUT2D eigenvalue weighted by Gasteiger charge is -2.45. The van der Waals surface area contributed by atoms with Gasteiger partial charge in [0.15, 0.2) is 0 Å². The quantitative estimate of drug-likeness (QED) is 0.828. The molecule has 5 aliphatic carbocycles. The summed E-state index contributed by atoms with van der Waals surface area (Å²) < 4.78 is 0. The molecule has 5 aliphatic rings. The Labute approximate surface area is 150 Å². The predicted octanol–water partition coefficient (Wildman–Crippen LogP) is 3.74. The minimum Gasteiger partial charge on any atom is -0.393 e. The Kier molecular flexibility index (Phi) is 3.22. The number of hydrogen-bond donors (Lipinski definition) is 1. The predicted molar refractivity (Wildman–Crippen MR) is 102 cm³/mol. The Balaban J connectivity index is 1.51. The zero-order valence-corrected chi connectivity index (χ0v) is 15.4.